The summed E-state index contributed by atoms with van der Waals surface area (Å²) in [6.45, 7) is 2.51. The molecule has 0 radical (unpaired) electrons. The van der Waals surface area contributed by atoms with Crippen molar-refractivity contribution in [3.05, 3.63) is 35.6 Å². The molecule has 1 aromatic carbocycles. The maximum absolute atomic E-state index is 13.0. The number of carbonyl (C=O) groups excluding carboxylic acids is 1. The fourth-order valence-electron chi connectivity index (χ4n) is 2.16. The van der Waals surface area contributed by atoms with Gasteiger partial charge in [0.05, 0.1) is 0 Å². The first-order valence-electron chi connectivity index (χ1n) is 6.37. The maximum Gasteiger partial charge on any atom is 0.221 e. The van der Waals surface area contributed by atoms with E-state index in [0.29, 0.717) is 13.0 Å². The maximum atomic E-state index is 13.0. The van der Waals surface area contributed by atoms with E-state index >= 15 is 0 Å². The molecule has 0 spiro atoms. The molecule has 19 heavy (non-hydrogen) atoms. The van der Waals surface area contributed by atoms with Crippen LogP contribution in [0.2, 0.25) is 0 Å². The van der Waals surface area contributed by atoms with Crippen molar-refractivity contribution in [3.8, 4) is 0 Å². The van der Waals surface area contributed by atoms with Crippen LogP contribution < -0.4 is 11.1 Å². The van der Waals surface area contributed by atoms with Crippen molar-refractivity contribution in [1.29, 1.82) is 0 Å². The first-order valence-corrected chi connectivity index (χ1v) is 6.37. The lowest BCUT2D eigenvalue weighted by molar-refractivity contribution is -0.121. The van der Waals surface area contributed by atoms with Gasteiger partial charge in [0, 0.05) is 32.1 Å². The van der Waals surface area contributed by atoms with Crippen molar-refractivity contribution in [2.24, 2.45) is 5.73 Å². The highest BCUT2D eigenvalue weighted by atomic mass is 19.1. The Balaban J connectivity index is 2.76. The average Bonchev–Trinajstić information content (AvgIpc) is 2.38. The van der Waals surface area contributed by atoms with E-state index in [0.717, 1.165) is 5.56 Å². The fourth-order valence-corrected chi connectivity index (χ4v) is 2.16. The van der Waals surface area contributed by atoms with Crippen LogP contribution in [0, 0.1) is 5.82 Å². The van der Waals surface area contributed by atoms with E-state index in [1.165, 1.54) is 12.1 Å². The number of rotatable bonds is 6. The van der Waals surface area contributed by atoms with Gasteiger partial charge in [0.2, 0.25) is 5.91 Å². The van der Waals surface area contributed by atoms with Gasteiger partial charge in [-0.15, -0.1) is 0 Å². The first-order chi connectivity index (χ1) is 8.95. The van der Waals surface area contributed by atoms with E-state index in [-0.39, 0.29) is 23.8 Å². The largest absolute Gasteiger partial charge is 0.359 e. The first kappa shape index (κ1) is 15.6. The number of hydrogen-bond acceptors (Lipinski definition) is 3. The summed E-state index contributed by atoms with van der Waals surface area (Å²) >= 11 is 0. The molecule has 0 aromatic heterocycles. The molecule has 4 nitrogen and oxygen atoms in total. The fraction of sp³-hybridized carbons (Fsp3) is 0.500. The lowest BCUT2D eigenvalue weighted by Crippen LogP contribution is -2.39. The second-order valence-corrected chi connectivity index (χ2v) is 4.76. The molecule has 1 amide bonds. The van der Waals surface area contributed by atoms with Crippen molar-refractivity contribution in [2.45, 2.75) is 25.4 Å². The van der Waals surface area contributed by atoms with Crippen molar-refractivity contribution in [3.63, 3.8) is 0 Å². The van der Waals surface area contributed by atoms with Gasteiger partial charge < -0.3 is 11.1 Å². The van der Waals surface area contributed by atoms with Crippen LogP contribution in [0.5, 0.6) is 0 Å². The van der Waals surface area contributed by atoms with E-state index in [9.17, 15) is 9.18 Å². The van der Waals surface area contributed by atoms with Gasteiger partial charge in [-0.25, -0.2) is 4.39 Å². The summed E-state index contributed by atoms with van der Waals surface area (Å²) < 4.78 is 13.0. The molecule has 0 saturated carbocycles. The summed E-state index contributed by atoms with van der Waals surface area (Å²) in [6.07, 6.45) is 0.414. The van der Waals surface area contributed by atoms with Crippen LogP contribution in [0.1, 0.15) is 24.9 Å². The van der Waals surface area contributed by atoms with Crippen LogP contribution in [-0.4, -0.2) is 37.5 Å². The smallest absolute Gasteiger partial charge is 0.221 e. The molecule has 5 heteroatoms. The van der Waals surface area contributed by atoms with Gasteiger partial charge in [0.25, 0.3) is 0 Å². The van der Waals surface area contributed by atoms with Gasteiger partial charge in [-0.3, -0.25) is 9.69 Å². The van der Waals surface area contributed by atoms with Crippen LogP contribution in [0.25, 0.3) is 0 Å². The van der Waals surface area contributed by atoms with Crippen LogP contribution >= 0.6 is 0 Å². The van der Waals surface area contributed by atoms with Crippen molar-refractivity contribution < 1.29 is 9.18 Å². The van der Waals surface area contributed by atoms with E-state index in [4.69, 9.17) is 5.73 Å². The van der Waals surface area contributed by atoms with E-state index in [1.807, 2.05) is 18.9 Å². The van der Waals surface area contributed by atoms with Gasteiger partial charge in [-0.2, -0.15) is 0 Å². The molecule has 0 heterocycles. The van der Waals surface area contributed by atoms with Gasteiger partial charge in [0.1, 0.15) is 5.82 Å². The van der Waals surface area contributed by atoms with Gasteiger partial charge in [-0.05, 0) is 31.7 Å². The van der Waals surface area contributed by atoms with Gasteiger partial charge in [-0.1, -0.05) is 12.1 Å². The number of likely N-dealkylation sites (N-methyl/N-ethyl adjacent to an activating group) is 1. The molecule has 0 aliphatic rings. The van der Waals surface area contributed by atoms with Crippen LogP contribution in [0.3, 0.4) is 0 Å². The SMILES string of the molecule is CNC(=O)CCN(C)C(c1ccc(F)cc1)C(C)N. The Morgan fingerprint density at radius 1 is 1.42 bits per heavy atom. The summed E-state index contributed by atoms with van der Waals surface area (Å²) in [7, 11) is 3.53. The lowest BCUT2D eigenvalue weighted by Gasteiger charge is -2.31. The van der Waals surface area contributed by atoms with Gasteiger partial charge in [0.15, 0.2) is 0 Å². The number of carbonyl (C=O) groups is 1. The number of halogens is 1. The quantitative estimate of drug-likeness (QED) is 0.816. The number of nitrogens with two attached hydrogens (primary N) is 1. The summed E-state index contributed by atoms with van der Waals surface area (Å²) in [5.74, 6) is -0.269. The Morgan fingerprint density at radius 2 is 2.00 bits per heavy atom. The molecular weight excluding hydrogens is 245 g/mol. The summed E-state index contributed by atoms with van der Waals surface area (Å²) in [5.41, 5.74) is 6.97. The minimum Gasteiger partial charge on any atom is -0.359 e. The molecule has 0 saturated heterocycles. The van der Waals surface area contributed by atoms with Crippen LogP contribution in [0.4, 0.5) is 4.39 Å². The summed E-state index contributed by atoms with van der Waals surface area (Å²) in [5, 5.41) is 2.59. The zero-order chi connectivity index (χ0) is 14.4. The highest BCUT2D eigenvalue weighted by Crippen LogP contribution is 2.22. The highest BCUT2D eigenvalue weighted by Gasteiger charge is 2.21. The normalized spacial score (nSPS) is 14.2. The minimum absolute atomic E-state index is 0.00520. The lowest BCUT2D eigenvalue weighted by atomic mass is 9.99. The third-order valence-corrected chi connectivity index (χ3v) is 3.15. The monoisotopic (exact) mass is 267 g/mol. The van der Waals surface area contributed by atoms with E-state index in [2.05, 4.69) is 5.32 Å². The number of hydrogen-bond donors (Lipinski definition) is 2. The van der Waals surface area contributed by atoms with E-state index < -0.39 is 0 Å². The molecule has 3 N–H and O–H groups in total. The van der Waals surface area contributed by atoms with Crippen LogP contribution in [-0.2, 0) is 4.79 Å². The Kier molecular flexibility index (Phi) is 5.92. The number of amides is 1. The third-order valence-electron chi connectivity index (χ3n) is 3.15. The zero-order valence-corrected chi connectivity index (χ0v) is 11.7. The highest BCUT2D eigenvalue weighted by molar-refractivity contribution is 5.75. The molecule has 0 bridgehead atoms. The van der Waals surface area contributed by atoms with Crippen molar-refractivity contribution in [2.75, 3.05) is 20.6 Å². The Hall–Kier alpha value is -1.46. The molecule has 1 rings (SSSR count). The number of nitrogens with one attached hydrogen (secondary N) is 1. The zero-order valence-electron chi connectivity index (χ0n) is 11.7. The van der Waals surface area contributed by atoms with E-state index in [1.54, 1.807) is 19.2 Å². The number of benzene rings is 1. The Morgan fingerprint density at radius 3 is 2.47 bits per heavy atom. The minimum atomic E-state index is -0.264. The predicted molar refractivity (Wildman–Crippen MR) is 74.1 cm³/mol. The Bertz CT molecular complexity index is 406. The van der Waals surface area contributed by atoms with Gasteiger partial charge >= 0.3 is 0 Å². The molecule has 2 atom stereocenters. The van der Waals surface area contributed by atoms with Crippen molar-refractivity contribution in [1.82, 2.24) is 10.2 Å². The second kappa shape index (κ2) is 7.21. The average molecular weight is 267 g/mol. The molecule has 2 unspecified atom stereocenters. The standard InChI is InChI=1S/C14H22FN3O/c1-10(16)14(11-4-6-12(15)7-5-11)18(3)9-8-13(19)17-2/h4-7,10,14H,8-9,16H2,1-3H3,(H,17,19). The Labute approximate surface area is 113 Å². The van der Waals surface area contributed by atoms with Crippen LogP contribution in [0.15, 0.2) is 24.3 Å². The third kappa shape index (κ3) is 4.61. The molecular formula is C14H22FN3O. The molecule has 1 aromatic rings. The topological polar surface area (TPSA) is 58.4 Å². The summed E-state index contributed by atoms with van der Waals surface area (Å²) in [4.78, 5) is 13.3. The second-order valence-electron chi connectivity index (χ2n) is 4.76. The number of nitrogens with zero attached hydrogens (tertiary/aromatic N) is 1. The van der Waals surface area contributed by atoms with Crippen molar-refractivity contribution >= 4 is 5.91 Å². The predicted octanol–water partition coefficient (Wildman–Crippen LogP) is 1.28. The molecule has 0 fully saturated rings. The molecule has 0 aliphatic carbocycles. The summed E-state index contributed by atoms with van der Waals surface area (Å²) in [6, 6.07) is 6.18. The molecule has 106 valence electrons. The molecule has 0 aliphatic heterocycles.